The Morgan fingerprint density at radius 1 is 1.07 bits per heavy atom. The standard InChI is InChI=1S/C19H19F3N4O3/c20-19(21,22)14-6-7-16(17(12-14)26(28)29)23-13-18(27)25-10-8-24(9-11-25)15-4-2-1-3-5-15/h1-7,12,23H,8-11,13H2. The third-order valence-corrected chi connectivity index (χ3v) is 4.71. The minimum atomic E-state index is -4.68. The SMILES string of the molecule is O=C(CNc1ccc(C(F)(F)F)cc1[N+](=O)[O-])N1CCN(c2ccccc2)CC1. The summed E-state index contributed by atoms with van der Waals surface area (Å²) in [7, 11) is 0. The zero-order chi connectivity index (χ0) is 21.0. The first kappa shape index (κ1) is 20.4. The van der Waals surface area contributed by atoms with E-state index in [1.54, 1.807) is 4.90 Å². The van der Waals surface area contributed by atoms with Gasteiger partial charge in [0, 0.05) is 37.9 Å². The van der Waals surface area contributed by atoms with Crippen LogP contribution in [0, 0.1) is 10.1 Å². The van der Waals surface area contributed by atoms with Crippen molar-refractivity contribution < 1.29 is 22.9 Å². The quantitative estimate of drug-likeness (QED) is 0.606. The van der Waals surface area contributed by atoms with E-state index in [0.717, 1.165) is 17.8 Å². The van der Waals surface area contributed by atoms with Crippen LogP contribution in [0.4, 0.5) is 30.2 Å². The molecule has 154 valence electrons. The van der Waals surface area contributed by atoms with Crippen LogP contribution >= 0.6 is 0 Å². The van der Waals surface area contributed by atoms with E-state index in [0.29, 0.717) is 32.2 Å². The van der Waals surface area contributed by atoms with Crippen molar-refractivity contribution in [3.05, 3.63) is 64.2 Å². The lowest BCUT2D eigenvalue weighted by Crippen LogP contribution is -2.50. The number of nitro benzene ring substituents is 1. The number of anilines is 2. The lowest BCUT2D eigenvalue weighted by atomic mass is 10.1. The maximum Gasteiger partial charge on any atom is 0.416 e. The molecular weight excluding hydrogens is 389 g/mol. The average molecular weight is 408 g/mol. The van der Waals surface area contributed by atoms with Crippen LogP contribution in [-0.2, 0) is 11.0 Å². The van der Waals surface area contributed by atoms with Gasteiger partial charge in [0.2, 0.25) is 5.91 Å². The van der Waals surface area contributed by atoms with Gasteiger partial charge >= 0.3 is 6.18 Å². The Bertz CT molecular complexity index is 882. The highest BCUT2D eigenvalue weighted by atomic mass is 19.4. The first-order valence-electron chi connectivity index (χ1n) is 8.93. The molecule has 0 aliphatic carbocycles. The highest BCUT2D eigenvalue weighted by molar-refractivity contribution is 5.82. The minimum Gasteiger partial charge on any atom is -0.371 e. The Balaban J connectivity index is 1.59. The number of hydrogen-bond donors (Lipinski definition) is 1. The molecule has 0 atom stereocenters. The Labute approximate surface area is 164 Å². The zero-order valence-corrected chi connectivity index (χ0v) is 15.4. The number of carbonyl (C=O) groups is 1. The van der Waals surface area contributed by atoms with Gasteiger partial charge in [0.05, 0.1) is 17.0 Å². The van der Waals surface area contributed by atoms with Crippen molar-refractivity contribution in [3.63, 3.8) is 0 Å². The Morgan fingerprint density at radius 2 is 1.72 bits per heavy atom. The second kappa shape index (κ2) is 8.38. The van der Waals surface area contributed by atoms with E-state index in [4.69, 9.17) is 0 Å². The van der Waals surface area contributed by atoms with Gasteiger partial charge in [-0.25, -0.2) is 0 Å². The number of piperazine rings is 1. The zero-order valence-electron chi connectivity index (χ0n) is 15.4. The second-order valence-corrected chi connectivity index (χ2v) is 6.54. The summed E-state index contributed by atoms with van der Waals surface area (Å²) in [5, 5.41) is 13.7. The number of amides is 1. The first-order valence-corrected chi connectivity index (χ1v) is 8.93. The summed E-state index contributed by atoms with van der Waals surface area (Å²) in [6.07, 6.45) is -4.68. The fourth-order valence-electron chi connectivity index (χ4n) is 3.14. The smallest absolute Gasteiger partial charge is 0.371 e. The first-order chi connectivity index (χ1) is 13.8. The molecule has 0 unspecified atom stereocenters. The summed E-state index contributed by atoms with van der Waals surface area (Å²) < 4.78 is 38.3. The average Bonchev–Trinajstić information content (AvgIpc) is 2.72. The molecule has 0 spiro atoms. The van der Waals surface area contributed by atoms with Crippen LogP contribution in [0.5, 0.6) is 0 Å². The molecule has 0 saturated carbocycles. The molecule has 0 aromatic heterocycles. The molecule has 1 amide bonds. The molecule has 2 aromatic carbocycles. The van der Waals surface area contributed by atoms with Gasteiger partial charge in [-0.1, -0.05) is 18.2 Å². The Hall–Kier alpha value is -3.30. The predicted molar refractivity (Wildman–Crippen MR) is 102 cm³/mol. The fraction of sp³-hybridized carbons (Fsp3) is 0.316. The van der Waals surface area contributed by atoms with Gasteiger partial charge in [-0.15, -0.1) is 0 Å². The number of carbonyl (C=O) groups excluding carboxylic acids is 1. The van der Waals surface area contributed by atoms with E-state index in [2.05, 4.69) is 10.2 Å². The van der Waals surface area contributed by atoms with Gasteiger partial charge in [0.15, 0.2) is 0 Å². The van der Waals surface area contributed by atoms with Crippen LogP contribution in [0.3, 0.4) is 0 Å². The molecule has 1 aliphatic heterocycles. The van der Waals surface area contributed by atoms with Crippen molar-refractivity contribution in [2.45, 2.75) is 6.18 Å². The highest BCUT2D eigenvalue weighted by Crippen LogP contribution is 2.34. The summed E-state index contributed by atoms with van der Waals surface area (Å²) in [6.45, 7) is 2.04. The van der Waals surface area contributed by atoms with E-state index < -0.39 is 22.4 Å². The molecule has 29 heavy (non-hydrogen) atoms. The molecule has 1 N–H and O–H groups in total. The number of hydrogen-bond acceptors (Lipinski definition) is 5. The van der Waals surface area contributed by atoms with Crippen LogP contribution < -0.4 is 10.2 Å². The van der Waals surface area contributed by atoms with Gasteiger partial charge < -0.3 is 15.1 Å². The molecule has 1 aliphatic rings. The molecule has 2 aromatic rings. The molecule has 0 radical (unpaired) electrons. The summed E-state index contributed by atoms with van der Waals surface area (Å²) in [6, 6.07) is 12.0. The molecule has 3 rings (SSSR count). The number of nitro groups is 1. The molecule has 1 saturated heterocycles. The van der Waals surface area contributed by atoms with Crippen molar-refractivity contribution >= 4 is 23.0 Å². The number of rotatable bonds is 5. The van der Waals surface area contributed by atoms with Gasteiger partial charge in [-0.2, -0.15) is 13.2 Å². The van der Waals surface area contributed by atoms with Crippen molar-refractivity contribution in [1.82, 2.24) is 4.90 Å². The number of alkyl halides is 3. The van der Waals surface area contributed by atoms with E-state index in [9.17, 15) is 28.1 Å². The largest absolute Gasteiger partial charge is 0.416 e. The van der Waals surface area contributed by atoms with E-state index in [1.807, 2.05) is 30.3 Å². The van der Waals surface area contributed by atoms with Crippen molar-refractivity contribution in [2.75, 3.05) is 42.9 Å². The van der Waals surface area contributed by atoms with Crippen LogP contribution in [0.25, 0.3) is 0 Å². The molecule has 10 heteroatoms. The van der Waals surface area contributed by atoms with Crippen LogP contribution in [0.2, 0.25) is 0 Å². The summed E-state index contributed by atoms with van der Waals surface area (Å²) in [4.78, 5) is 26.4. The molecular formula is C19H19F3N4O3. The van der Waals surface area contributed by atoms with Crippen molar-refractivity contribution in [3.8, 4) is 0 Å². The lowest BCUT2D eigenvalue weighted by molar-refractivity contribution is -0.384. The normalized spacial score (nSPS) is 14.6. The van der Waals surface area contributed by atoms with E-state index in [1.165, 1.54) is 0 Å². The monoisotopic (exact) mass is 408 g/mol. The van der Waals surface area contributed by atoms with Crippen molar-refractivity contribution in [2.24, 2.45) is 0 Å². The number of halogens is 3. The number of benzene rings is 2. The summed E-state index contributed by atoms with van der Waals surface area (Å²) in [5.74, 6) is -0.271. The van der Waals surface area contributed by atoms with Crippen molar-refractivity contribution in [1.29, 1.82) is 0 Å². The van der Waals surface area contributed by atoms with E-state index in [-0.39, 0.29) is 18.1 Å². The minimum absolute atomic E-state index is 0.126. The number of nitrogens with zero attached hydrogens (tertiary/aromatic N) is 3. The topological polar surface area (TPSA) is 78.7 Å². The third kappa shape index (κ3) is 4.95. The van der Waals surface area contributed by atoms with E-state index >= 15 is 0 Å². The van der Waals surface area contributed by atoms with Gasteiger partial charge in [0.25, 0.3) is 5.69 Å². The highest BCUT2D eigenvalue weighted by Gasteiger charge is 2.33. The third-order valence-electron chi connectivity index (χ3n) is 4.71. The maximum atomic E-state index is 12.8. The molecule has 0 bridgehead atoms. The number of para-hydroxylation sites is 1. The van der Waals surface area contributed by atoms with Gasteiger partial charge in [-0.05, 0) is 24.3 Å². The van der Waals surface area contributed by atoms with Gasteiger partial charge in [-0.3, -0.25) is 14.9 Å². The summed E-state index contributed by atoms with van der Waals surface area (Å²) >= 11 is 0. The van der Waals surface area contributed by atoms with Crippen LogP contribution in [0.1, 0.15) is 5.56 Å². The Morgan fingerprint density at radius 3 is 2.31 bits per heavy atom. The summed E-state index contributed by atoms with van der Waals surface area (Å²) in [5.41, 5.74) is -0.892. The second-order valence-electron chi connectivity index (χ2n) is 6.54. The van der Waals surface area contributed by atoms with Gasteiger partial charge in [0.1, 0.15) is 5.69 Å². The maximum absolute atomic E-state index is 12.8. The Kier molecular flexibility index (Phi) is 5.90. The fourth-order valence-corrected chi connectivity index (χ4v) is 3.14. The predicted octanol–water partition coefficient (Wildman–Crippen LogP) is 3.37. The molecule has 1 heterocycles. The van der Waals surface area contributed by atoms with Crippen LogP contribution in [0.15, 0.2) is 48.5 Å². The lowest BCUT2D eigenvalue weighted by Gasteiger charge is -2.36. The molecule has 1 fully saturated rings. The van der Waals surface area contributed by atoms with Crippen LogP contribution in [-0.4, -0.2) is 48.5 Å². The molecule has 7 nitrogen and oxygen atoms in total. The number of nitrogens with one attached hydrogen (secondary N) is 1.